The number of aromatic nitrogens is 2. The zero-order chi connectivity index (χ0) is 8.27. The molecule has 0 aliphatic carbocycles. The molecule has 0 unspecified atom stereocenters. The van der Waals surface area contributed by atoms with Crippen LogP contribution >= 0.6 is 0 Å². The van der Waals surface area contributed by atoms with Gasteiger partial charge in [0, 0.05) is 0 Å². The van der Waals surface area contributed by atoms with Crippen LogP contribution in [0.15, 0.2) is 0 Å². The Morgan fingerprint density at radius 2 is 2.27 bits per heavy atom. The first-order valence-electron chi connectivity index (χ1n) is 3.98. The van der Waals surface area contributed by atoms with E-state index in [0.717, 1.165) is 30.7 Å². The first-order chi connectivity index (χ1) is 5.25. The molecule has 3 heteroatoms. The summed E-state index contributed by atoms with van der Waals surface area (Å²) in [6.07, 6.45) is 3.08. The molecule has 2 N–H and O–H groups in total. The minimum Gasteiger partial charge on any atom is -0.504 e. The zero-order valence-electron chi connectivity index (χ0n) is 7.02. The quantitative estimate of drug-likeness (QED) is 0.697. The van der Waals surface area contributed by atoms with Crippen LogP contribution < -0.4 is 0 Å². The van der Waals surface area contributed by atoms with Crippen molar-refractivity contribution >= 4 is 0 Å². The Labute approximate surface area is 66.4 Å². The third kappa shape index (κ3) is 1.73. The van der Waals surface area contributed by atoms with Crippen molar-refractivity contribution in [1.82, 2.24) is 10.2 Å². The van der Waals surface area contributed by atoms with Gasteiger partial charge in [0.05, 0.1) is 5.69 Å². The fourth-order valence-electron chi connectivity index (χ4n) is 0.992. The average Bonchev–Trinajstić information content (AvgIpc) is 2.31. The lowest BCUT2D eigenvalue weighted by atomic mass is 10.2. The van der Waals surface area contributed by atoms with E-state index in [1.54, 1.807) is 0 Å². The molecule has 0 amide bonds. The predicted molar refractivity (Wildman–Crippen MR) is 43.6 cm³/mol. The Balaban J connectivity index is 2.63. The maximum atomic E-state index is 9.37. The maximum Gasteiger partial charge on any atom is 0.159 e. The van der Waals surface area contributed by atoms with Crippen LogP contribution in [0.2, 0.25) is 0 Å². The van der Waals surface area contributed by atoms with Gasteiger partial charge in [0.2, 0.25) is 0 Å². The number of nitrogens with zero attached hydrogens (tertiary/aromatic N) is 1. The van der Waals surface area contributed by atoms with Gasteiger partial charge in [-0.25, -0.2) is 0 Å². The predicted octanol–water partition coefficient (Wildman–Crippen LogP) is 1.77. The SMILES string of the molecule is CCCCc1n[nH]c(C)c1O. The number of aromatic hydroxyl groups is 1. The van der Waals surface area contributed by atoms with Crippen LogP contribution in [0.4, 0.5) is 0 Å². The van der Waals surface area contributed by atoms with Crippen LogP contribution in [0.5, 0.6) is 5.75 Å². The second-order valence-corrected chi connectivity index (χ2v) is 2.75. The lowest BCUT2D eigenvalue weighted by Gasteiger charge is -1.93. The third-order valence-corrected chi connectivity index (χ3v) is 1.75. The van der Waals surface area contributed by atoms with Crippen LogP contribution in [0.25, 0.3) is 0 Å². The molecule has 3 nitrogen and oxygen atoms in total. The molecule has 1 aromatic heterocycles. The largest absolute Gasteiger partial charge is 0.504 e. The van der Waals surface area contributed by atoms with Crippen molar-refractivity contribution in [3.05, 3.63) is 11.4 Å². The van der Waals surface area contributed by atoms with E-state index in [1.165, 1.54) is 0 Å². The third-order valence-electron chi connectivity index (χ3n) is 1.75. The lowest BCUT2D eigenvalue weighted by Crippen LogP contribution is -1.84. The summed E-state index contributed by atoms with van der Waals surface area (Å²) in [5, 5.41) is 16.1. The van der Waals surface area contributed by atoms with Crippen molar-refractivity contribution in [3.63, 3.8) is 0 Å². The molecule has 0 radical (unpaired) electrons. The molecule has 0 saturated heterocycles. The van der Waals surface area contributed by atoms with E-state index in [9.17, 15) is 5.11 Å². The highest BCUT2D eigenvalue weighted by molar-refractivity contribution is 5.29. The molecule has 62 valence electrons. The topological polar surface area (TPSA) is 48.9 Å². The number of nitrogens with one attached hydrogen (secondary N) is 1. The summed E-state index contributed by atoms with van der Waals surface area (Å²) in [6, 6.07) is 0. The van der Waals surface area contributed by atoms with Gasteiger partial charge in [-0.1, -0.05) is 13.3 Å². The summed E-state index contributed by atoms with van der Waals surface area (Å²) in [6.45, 7) is 3.94. The van der Waals surface area contributed by atoms with E-state index < -0.39 is 0 Å². The van der Waals surface area contributed by atoms with Crippen molar-refractivity contribution in [2.75, 3.05) is 0 Å². The molecular weight excluding hydrogens is 140 g/mol. The molecule has 0 fully saturated rings. The van der Waals surface area contributed by atoms with Gasteiger partial charge in [0.15, 0.2) is 5.75 Å². The highest BCUT2D eigenvalue weighted by atomic mass is 16.3. The summed E-state index contributed by atoms with van der Waals surface area (Å²) < 4.78 is 0. The minimum atomic E-state index is 0.332. The van der Waals surface area contributed by atoms with Gasteiger partial charge in [-0.15, -0.1) is 0 Å². The van der Waals surface area contributed by atoms with Gasteiger partial charge in [-0.3, -0.25) is 5.10 Å². The molecule has 1 aromatic rings. The number of aromatic amines is 1. The van der Waals surface area contributed by atoms with E-state index in [0.29, 0.717) is 5.75 Å². The molecule has 0 atom stereocenters. The Morgan fingerprint density at radius 1 is 1.55 bits per heavy atom. The molecule has 0 aromatic carbocycles. The smallest absolute Gasteiger partial charge is 0.159 e. The van der Waals surface area contributed by atoms with Gasteiger partial charge in [-0.2, -0.15) is 5.10 Å². The van der Waals surface area contributed by atoms with Crippen molar-refractivity contribution in [2.45, 2.75) is 33.1 Å². The molecule has 0 aliphatic rings. The summed E-state index contributed by atoms with van der Waals surface area (Å²) in [4.78, 5) is 0. The number of H-pyrrole nitrogens is 1. The summed E-state index contributed by atoms with van der Waals surface area (Å²) in [7, 11) is 0. The van der Waals surface area contributed by atoms with Gasteiger partial charge in [0.1, 0.15) is 5.69 Å². The molecular formula is C8H14N2O. The standard InChI is InChI=1S/C8H14N2O/c1-3-4-5-7-8(11)6(2)9-10-7/h11H,3-5H2,1-2H3,(H,9,10). The second-order valence-electron chi connectivity index (χ2n) is 2.75. The van der Waals surface area contributed by atoms with Crippen LogP contribution in [-0.2, 0) is 6.42 Å². The Hall–Kier alpha value is -0.990. The summed E-state index contributed by atoms with van der Waals surface area (Å²) in [5.41, 5.74) is 1.56. The number of rotatable bonds is 3. The molecule has 0 saturated carbocycles. The molecule has 1 rings (SSSR count). The van der Waals surface area contributed by atoms with Gasteiger partial charge in [-0.05, 0) is 19.8 Å². The van der Waals surface area contributed by atoms with Crippen molar-refractivity contribution in [1.29, 1.82) is 0 Å². The number of hydrogen-bond donors (Lipinski definition) is 2. The average molecular weight is 154 g/mol. The fraction of sp³-hybridized carbons (Fsp3) is 0.625. The Kier molecular flexibility index (Phi) is 2.52. The lowest BCUT2D eigenvalue weighted by molar-refractivity contribution is 0.463. The minimum absolute atomic E-state index is 0.332. The first kappa shape index (κ1) is 8.11. The van der Waals surface area contributed by atoms with Crippen LogP contribution in [-0.4, -0.2) is 15.3 Å². The summed E-state index contributed by atoms with van der Waals surface area (Å²) >= 11 is 0. The van der Waals surface area contributed by atoms with E-state index in [4.69, 9.17) is 0 Å². The molecule has 1 heterocycles. The normalized spacial score (nSPS) is 10.4. The van der Waals surface area contributed by atoms with Crippen molar-refractivity contribution in [2.24, 2.45) is 0 Å². The second kappa shape index (κ2) is 3.42. The Morgan fingerprint density at radius 3 is 2.73 bits per heavy atom. The van der Waals surface area contributed by atoms with E-state index in [1.807, 2.05) is 6.92 Å². The first-order valence-corrected chi connectivity index (χ1v) is 3.98. The number of hydrogen-bond acceptors (Lipinski definition) is 2. The number of aryl methyl sites for hydroxylation is 2. The fourth-order valence-corrected chi connectivity index (χ4v) is 0.992. The molecule has 0 aliphatic heterocycles. The van der Waals surface area contributed by atoms with Gasteiger partial charge in [0.25, 0.3) is 0 Å². The Bertz CT molecular complexity index is 230. The van der Waals surface area contributed by atoms with Crippen molar-refractivity contribution in [3.8, 4) is 5.75 Å². The van der Waals surface area contributed by atoms with E-state index in [-0.39, 0.29) is 0 Å². The molecule has 0 bridgehead atoms. The highest BCUT2D eigenvalue weighted by Gasteiger charge is 2.06. The monoisotopic (exact) mass is 154 g/mol. The van der Waals surface area contributed by atoms with E-state index >= 15 is 0 Å². The van der Waals surface area contributed by atoms with E-state index in [2.05, 4.69) is 17.1 Å². The van der Waals surface area contributed by atoms with Crippen LogP contribution in [0, 0.1) is 6.92 Å². The van der Waals surface area contributed by atoms with Crippen LogP contribution in [0.1, 0.15) is 31.2 Å². The zero-order valence-corrected chi connectivity index (χ0v) is 7.02. The maximum absolute atomic E-state index is 9.37. The van der Waals surface area contributed by atoms with Gasteiger partial charge < -0.3 is 5.11 Å². The molecule has 0 spiro atoms. The highest BCUT2D eigenvalue weighted by Crippen LogP contribution is 2.19. The van der Waals surface area contributed by atoms with Gasteiger partial charge >= 0.3 is 0 Å². The summed E-state index contributed by atoms with van der Waals surface area (Å²) in [5.74, 6) is 0.332. The van der Waals surface area contributed by atoms with Crippen LogP contribution in [0.3, 0.4) is 0 Å². The molecule has 11 heavy (non-hydrogen) atoms. The number of unbranched alkanes of at least 4 members (excludes halogenated alkanes) is 1. The van der Waals surface area contributed by atoms with Crippen molar-refractivity contribution < 1.29 is 5.11 Å².